The van der Waals surface area contributed by atoms with Crippen molar-refractivity contribution in [3.05, 3.63) is 116 Å². The van der Waals surface area contributed by atoms with Crippen LogP contribution in [-0.2, 0) is 10.0 Å². The van der Waals surface area contributed by atoms with E-state index in [1.807, 2.05) is 0 Å². The van der Waals surface area contributed by atoms with Crippen LogP contribution in [0.4, 0.5) is 22.7 Å². The zero-order chi connectivity index (χ0) is 29.5. The maximum atomic E-state index is 13.6. The molecule has 0 unspecified atom stereocenters. The van der Waals surface area contributed by atoms with E-state index in [0.29, 0.717) is 11.3 Å². The van der Waals surface area contributed by atoms with Crippen LogP contribution in [0.1, 0.15) is 37.4 Å². The normalized spacial score (nSPS) is 12.7. The second-order valence-electron chi connectivity index (χ2n) is 8.92. The summed E-state index contributed by atoms with van der Waals surface area (Å²) in [7, 11) is -3.04. The Hall–Kier alpha value is -4.94. The number of nitrogens with zero attached hydrogens (tertiary/aromatic N) is 3. The lowest BCUT2D eigenvalue weighted by Crippen LogP contribution is -2.25. The van der Waals surface area contributed by atoms with E-state index in [0.717, 1.165) is 6.07 Å². The number of aryl methyl sites for hydroxylation is 1. The van der Waals surface area contributed by atoms with Crippen LogP contribution in [0.25, 0.3) is 0 Å². The number of anilines is 1. The molecule has 11 nitrogen and oxygen atoms in total. The zero-order valence-corrected chi connectivity index (χ0v) is 23.0. The molecule has 0 spiro atoms. The van der Waals surface area contributed by atoms with Crippen molar-refractivity contribution in [2.75, 3.05) is 11.8 Å². The Morgan fingerprint density at radius 2 is 1.54 bits per heavy atom. The van der Waals surface area contributed by atoms with E-state index in [9.17, 15) is 28.1 Å². The Labute approximate surface area is 238 Å². The molecule has 41 heavy (non-hydrogen) atoms. The molecule has 0 bridgehead atoms. The number of benzene rings is 4. The number of carbonyl (C=O) groups is 2. The summed E-state index contributed by atoms with van der Waals surface area (Å²) in [6.07, 6.45) is 0. The van der Waals surface area contributed by atoms with Crippen LogP contribution in [0, 0.1) is 17.0 Å². The third-order valence-corrected chi connectivity index (χ3v) is 8.08. The zero-order valence-electron chi connectivity index (χ0n) is 21.4. The first-order valence-electron chi connectivity index (χ1n) is 11.9. The van der Waals surface area contributed by atoms with Gasteiger partial charge < -0.3 is 4.74 Å². The number of fused-ring (bicyclic) bond motifs is 2. The summed E-state index contributed by atoms with van der Waals surface area (Å²) in [6, 6.07) is 17.0. The van der Waals surface area contributed by atoms with Gasteiger partial charge in [0.25, 0.3) is 15.7 Å². The predicted molar refractivity (Wildman–Crippen MR) is 151 cm³/mol. The number of rotatable bonds is 7. The molecular weight excluding hydrogens is 572 g/mol. The van der Waals surface area contributed by atoms with Gasteiger partial charge in [-0.15, -0.1) is 5.11 Å². The first-order valence-corrected chi connectivity index (χ1v) is 13.8. The Morgan fingerprint density at radius 1 is 0.878 bits per heavy atom. The van der Waals surface area contributed by atoms with Crippen molar-refractivity contribution >= 4 is 55.9 Å². The smallest absolute Gasteiger partial charge is 0.271 e. The molecule has 13 heteroatoms. The third-order valence-electron chi connectivity index (χ3n) is 6.37. The van der Waals surface area contributed by atoms with E-state index < -0.39 is 26.5 Å². The fourth-order valence-corrected chi connectivity index (χ4v) is 5.87. The van der Waals surface area contributed by atoms with Crippen LogP contribution in [-0.4, -0.2) is 32.0 Å². The lowest BCUT2D eigenvalue weighted by atomic mass is 9.84. The van der Waals surface area contributed by atoms with Crippen molar-refractivity contribution in [2.45, 2.75) is 11.8 Å². The molecule has 0 radical (unpaired) electrons. The fraction of sp³-hybridized carbons (Fsp3) is 0.0714. The number of methoxy groups -OCH3 is 1. The molecule has 0 atom stereocenters. The predicted octanol–water partition coefficient (Wildman–Crippen LogP) is 6.56. The van der Waals surface area contributed by atoms with Crippen LogP contribution >= 0.6 is 11.6 Å². The molecule has 1 aliphatic carbocycles. The largest absolute Gasteiger partial charge is 0.494 e. The Balaban J connectivity index is 1.49. The molecule has 5 rings (SSSR count). The minimum Gasteiger partial charge on any atom is -0.494 e. The number of nitro groups is 1. The average molecular weight is 591 g/mol. The number of hydrogen-bond acceptors (Lipinski definition) is 9. The minimum absolute atomic E-state index is 0.000356. The first kappa shape index (κ1) is 27.6. The first-order chi connectivity index (χ1) is 19.5. The molecule has 0 saturated carbocycles. The van der Waals surface area contributed by atoms with Gasteiger partial charge in [-0.05, 0) is 30.7 Å². The number of sulfonamides is 1. The van der Waals surface area contributed by atoms with Gasteiger partial charge in [-0.2, -0.15) is 5.11 Å². The molecule has 1 N–H and O–H groups in total. The van der Waals surface area contributed by atoms with Crippen LogP contribution in [0.2, 0.25) is 5.02 Å². The van der Waals surface area contributed by atoms with Gasteiger partial charge in [-0.3, -0.25) is 24.4 Å². The molecule has 0 fully saturated rings. The summed E-state index contributed by atoms with van der Waals surface area (Å²) in [5.74, 6) is -0.913. The number of nitro benzene ring substituents is 1. The highest BCUT2D eigenvalue weighted by molar-refractivity contribution is 7.92. The average Bonchev–Trinajstić information content (AvgIpc) is 2.95. The SMILES string of the molecule is COc1cc(N=Nc2ccc([N+](=O)[O-])cc2Cl)c(C)cc1NS(=O)(=O)c1cccc2c1C(=O)c1ccccc1C2=O. The van der Waals surface area contributed by atoms with E-state index in [1.165, 1.54) is 61.7 Å². The van der Waals surface area contributed by atoms with Crippen molar-refractivity contribution in [3.8, 4) is 5.75 Å². The summed E-state index contributed by atoms with van der Waals surface area (Å²) in [5, 5.41) is 19.2. The monoisotopic (exact) mass is 590 g/mol. The molecule has 0 aromatic heterocycles. The molecule has 1 aliphatic rings. The highest BCUT2D eigenvalue weighted by Gasteiger charge is 2.35. The number of carbonyl (C=O) groups excluding carboxylic acids is 2. The van der Waals surface area contributed by atoms with E-state index in [-0.39, 0.29) is 55.0 Å². The van der Waals surface area contributed by atoms with Gasteiger partial charge in [-0.1, -0.05) is 48.0 Å². The molecule has 4 aromatic carbocycles. The number of nitrogens with one attached hydrogen (secondary N) is 1. The standard InChI is InChI=1S/C28H19ClN4O7S/c1-15-12-23(24(40-2)14-22(15)31-30-21-11-10-16(33(36)37)13-20(21)29)32-41(38,39)25-9-5-8-19-26(25)28(35)18-7-4-3-6-17(18)27(19)34/h3-14,32H,1-2H3. The van der Waals surface area contributed by atoms with Gasteiger partial charge in [-0.25, -0.2) is 8.42 Å². The van der Waals surface area contributed by atoms with Crippen molar-refractivity contribution in [2.24, 2.45) is 10.2 Å². The van der Waals surface area contributed by atoms with Crippen LogP contribution in [0.3, 0.4) is 0 Å². The van der Waals surface area contributed by atoms with Crippen molar-refractivity contribution < 1.29 is 27.7 Å². The molecule has 4 aromatic rings. The number of halogens is 1. The van der Waals surface area contributed by atoms with Crippen molar-refractivity contribution in [1.82, 2.24) is 0 Å². The maximum Gasteiger partial charge on any atom is 0.271 e. The second-order valence-corrected chi connectivity index (χ2v) is 11.0. The lowest BCUT2D eigenvalue weighted by molar-refractivity contribution is -0.384. The van der Waals surface area contributed by atoms with E-state index in [1.54, 1.807) is 19.1 Å². The molecule has 0 aliphatic heterocycles. The van der Waals surface area contributed by atoms with Gasteiger partial charge in [0.05, 0.1) is 38.9 Å². The topological polar surface area (TPSA) is 157 Å². The minimum atomic E-state index is -4.38. The van der Waals surface area contributed by atoms with Crippen molar-refractivity contribution in [3.63, 3.8) is 0 Å². The Kier molecular flexibility index (Phi) is 7.11. The van der Waals surface area contributed by atoms with E-state index in [2.05, 4.69) is 15.0 Å². The molecule has 206 valence electrons. The summed E-state index contributed by atoms with van der Waals surface area (Å²) in [6.45, 7) is 1.66. The van der Waals surface area contributed by atoms with Crippen molar-refractivity contribution in [1.29, 1.82) is 0 Å². The highest BCUT2D eigenvalue weighted by Crippen LogP contribution is 2.38. The number of ether oxygens (including phenoxy) is 1. The van der Waals surface area contributed by atoms with Gasteiger partial charge >= 0.3 is 0 Å². The van der Waals surface area contributed by atoms with Gasteiger partial charge in [0, 0.05) is 34.9 Å². The van der Waals surface area contributed by atoms with Gasteiger partial charge in [0.1, 0.15) is 11.4 Å². The Bertz CT molecular complexity index is 1920. The summed E-state index contributed by atoms with van der Waals surface area (Å²) in [5.41, 5.74) is 1.01. The molecule has 0 amide bonds. The van der Waals surface area contributed by atoms with Gasteiger partial charge in [0.15, 0.2) is 11.6 Å². The number of hydrogen-bond donors (Lipinski definition) is 1. The molecule has 0 saturated heterocycles. The quantitative estimate of drug-likeness (QED) is 0.128. The molecule has 0 heterocycles. The summed E-state index contributed by atoms with van der Waals surface area (Å²) >= 11 is 6.09. The third kappa shape index (κ3) is 5.06. The maximum absolute atomic E-state index is 13.6. The number of non-ortho nitro benzene ring substituents is 1. The van der Waals surface area contributed by atoms with Crippen LogP contribution < -0.4 is 9.46 Å². The van der Waals surface area contributed by atoms with E-state index in [4.69, 9.17) is 16.3 Å². The fourth-order valence-electron chi connectivity index (χ4n) is 4.37. The number of ketones is 2. The summed E-state index contributed by atoms with van der Waals surface area (Å²) < 4.78 is 35.0. The van der Waals surface area contributed by atoms with Gasteiger partial charge in [0.2, 0.25) is 0 Å². The summed E-state index contributed by atoms with van der Waals surface area (Å²) in [4.78, 5) is 36.4. The van der Waals surface area contributed by atoms with Crippen LogP contribution in [0.15, 0.2) is 87.9 Å². The lowest BCUT2D eigenvalue weighted by Gasteiger charge is -2.21. The molecular formula is C28H19ClN4O7S. The Morgan fingerprint density at radius 3 is 2.20 bits per heavy atom. The number of azo groups is 1. The van der Waals surface area contributed by atoms with E-state index >= 15 is 0 Å². The highest BCUT2D eigenvalue weighted by atomic mass is 35.5. The second kappa shape index (κ2) is 10.6. The van der Waals surface area contributed by atoms with Crippen LogP contribution in [0.5, 0.6) is 5.75 Å².